The molecule has 0 spiro atoms. The molecule has 0 N–H and O–H groups in total. The number of thioether (sulfide) groups is 1. The molecule has 4 aromatic rings. The number of methoxy groups -OCH3 is 1. The quantitative estimate of drug-likeness (QED) is 0.323. The average molecular weight is 414 g/mol. The highest BCUT2D eigenvalue weighted by Crippen LogP contribution is 2.36. The summed E-state index contributed by atoms with van der Waals surface area (Å²) in [6.07, 6.45) is 0. The lowest BCUT2D eigenvalue weighted by atomic mass is 10.1. The summed E-state index contributed by atoms with van der Waals surface area (Å²) < 4.78 is 6.15. The van der Waals surface area contributed by atoms with Gasteiger partial charge >= 0.3 is 0 Å². The van der Waals surface area contributed by atoms with E-state index in [-0.39, 0.29) is 11.5 Å². The first-order chi connectivity index (χ1) is 13.2. The minimum Gasteiger partial charge on any atom is -0.497 e. The van der Waals surface area contributed by atoms with Crippen molar-refractivity contribution in [1.29, 1.82) is 0 Å². The second-order valence-corrected chi connectivity index (χ2v) is 8.80. The molecule has 0 atom stereocenters. The Kier molecular flexibility index (Phi) is 5.20. The fourth-order valence-electron chi connectivity index (χ4n) is 2.59. The minimum absolute atomic E-state index is 0.0342. The predicted octanol–water partition coefficient (Wildman–Crippen LogP) is 5.11. The topological polar surface area (TPSA) is 65.0 Å². The number of thiophene rings is 1. The average Bonchev–Trinajstić information content (AvgIpc) is 3.35. The molecule has 0 aliphatic carbocycles. The van der Waals surface area contributed by atoms with E-state index in [1.165, 1.54) is 11.8 Å². The third-order valence-electron chi connectivity index (χ3n) is 3.90. The van der Waals surface area contributed by atoms with Crippen LogP contribution in [0, 0.1) is 6.92 Å². The number of nitrogens with zero attached hydrogens (tertiary/aromatic N) is 3. The number of aromatic nitrogens is 3. The molecule has 0 aliphatic rings. The number of ketones is 1. The molecule has 0 saturated heterocycles. The lowest BCUT2D eigenvalue weighted by molar-refractivity contribution is 0.102. The van der Waals surface area contributed by atoms with Crippen LogP contribution in [0.15, 0.2) is 46.8 Å². The van der Waals surface area contributed by atoms with E-state index >= 15 is 0 Å². The predicted molar refractivity (Wildman–Crippen MR) is 111 cm³/mol. The van der Waals surface area contributed by atoms with Crippen molar-refractivity contribution >= 4 is 50.4 Å². The van der Waals surface area contributed by atoms with Crippen LogP contribution in [0.1, 0.15) is 15.4 Å². The Morgan fingerprint density at radius 3 is 2.70 bits per heavy atom. The summed E-state index contributed by atoms with van der Waals surface area (Å²) >= 11 is 4.61. The van der Waals surface area contributed by atoms with Crippen molar-refractivity contribution < 1.29 is 9.53 Å². The number of Topliss-reactive ketones (excluding diaryl/α,β-unsaturated/α-hetero) is 1. The third kappa shape index (κ3) is 3.73. The summed E-state index contributed by atoms with van der Waals surface area (Å²) in [5.41, 5.74) is 2.33. The van der Waals surface area contributed by atoms with E-state index in [0.717, 1.165) is 31.5 Å². The molecule has 0 radical (unpaired) electrons. The van der Waals surface area contributed by atoms with Crippen molar-refractivity contribution in [2.75, 3.05) is 12.9 Å². The Morgan fingerprint density at radius 2 is 2.00 bits per heavy atom. The van der Waals surface area contributed by atoms with Gasteiger partial charge in [0.25, 0.3) is 0 Å². The van der Waals surface area contributed by atoms with E-state index in [0.29, 0.717) is 10.6 Å². The molecule has 0 bridgehead atoms. The SMILES string of the molecule is COc1ccc(C(=O)CSc2nnc(-c3cccs3)c3sc(C)nc23)cc1. The summed E-state index contributed by atoms with van der Waals surface area (Å²) in [4.78, 5) is 18.2. The highest BCUT2D eigenvalue weighted by Gasteiger charge is 2.17. The molecular weight excluding hydrogens is 398 g/mol. The van der Waals surface area contributed by atoms with Crippen LogP contribution in [0.2, 0.25) is 0 Å². The first-order valence-electron chi connectivity index (χ1n) is 8.13. The Labute approximate surface area is 168 Å². The van der Waals surface area contributed by atoms with Gasteiger partial charge in [-0.1, -0.05) is 17.8 Å². The monoisotopic (exact) mass is 413 g/mol. The number of rotatable bonds is 6. The summed E-state index contributed by atoms with van der Waals surface area (Å²) in [5, 5.41) is 12.5. The molecule has 4 rings (SSSR count). The lowest BCUT2D eigenvalue weighted by Crippen LogP contribution is -2.03. The van der Waals surface area contributed by atoms with Gasteiger partial charge in [0.05, 0.1) is 27.4 Å². The molecule has 1 aromatic carbocycles. The van der Waals surface area contributed by atoms with E-state index < -0.39 is 0 Å². The van der Waals surface area contributed by atoms with Crippen LogP contribution in [0.5, 0.6) is 5.75 Å². The zero-order valence-corrected chi connectivity index (χ0v) is 17.1. The van der Waals surface area contributed by atoms with Gasteiger partial charge in [-0.05, 0) is 42.6 Å². The summed E-state index contributed by atoms with van der Waals surface area (Å²) in [5.74, 6) is 1.05. The highest BCUT2D eigenvalue weighted by molar-refractivity contribution is 8.00. The highest BCUT2D eigenvalue weighted by atomic mass is 32.2. The number of carbonyl (C=O) groups excluding carboxylic acids is 1. The number of fused-ring (bicyclic) bond motifs is 1. The smallest absolute Gasteiger partial charge is 0.173 e. The van der Waals surface area contributed by atoms with Crippen LogP contribution < -0.4 is 4.74 Å². The Bertz CT molecular complexity index is 1090. The number of hydrogen-bond acceptors (Lipinski definition) is 8. The lowest BCUT2D eigenvalue weighted by Gasteiger charge is -2.04. The van der Waals surface area contributed by atoms with E-state index in [1.54, 1.807) is 54.0 Å². The van der Waals surface area contributed by atoms with Crippen molar-refractivity contribution in [3.8, 4) is 16.3 Å². The molecule has 136 valence electrons. The van der Waals surface area contributed by atoms with Gasteiger partial charge in [0, 0.05) is 5.56 Å². The largest absolute Gasteiger partial charge is 0.497 e. The van der Waals surface area contributed by atoms with Crippen LogP contribution in [-0.4, -0.2) is 33.8 Å². The van der Waals surface area contributed by atoms with Crippen LogP contribution in [0.4, 0.5) is 0 Å². The van der Waals surface area contributed by atoms with Crippen molar-refractivity contribution in [3.63, 3.8) is 0 Å². The molecule has 3 aromatic heterocycles. The molecule has 0 saturated carbocycles. The number of ether oxygens (including phenoxy) is 1. The maximum absolute atomic E-state index is 12.5. The van der Waals surface area contributed by atoms with E-state index in [1.807, 2.05) is 24.4 Å². The van der Waals surface area contributed by atoms with Gasteiger partial charge in [-0.2, -0.15) is 0 Å². The van der Waals surface area contributed by atoms with Gasteiger partial charge in [-0.3, -0.25) is 4.79 Å². The first-order valence-corrected chi connectivity index (χ1v) is 10.8. The minimum atomic E-state index is 0.0342. The van der Waals surface area contributed by atoms with Crippen LogP contribution >= 0.6 is 34.4 Å². The van der Waals surface area contributed by atoms with E-state index in [9.17, 15) is 4.79 Å². The Morgan fingerprint density at radius 1 is 1.19 bits per heavy atom. The summed E-state index contributed by atoms with van der Waals surface area (Å²) in [6.45, 7) is 1.97. The number of carbonyl (C=O) groups is 1. The third-order valence-corrected chi connectivity index (χ3v) is 6.71. The normalized spacial score (nSPS) is 11.0. The first kappa shape index (κ1) is 18.1. The van der Waals surface area contributed by atoms with Crippen molar-refractivity contribution in [3.05, 3.63) is 52.3 Å². The van der Waals surface area contributed by atoms with E-state index in [4.69, 9.17) is 4.74 Å². The maximum Gasteiger partial charge on any atom is 0.173 e. The number of hydrogen-bond donors (Lipinski definition) is 0. The fraction of sp³-hybridized carbons (Fsp3) is 0.158. The van der Waals surface area contributed by atoms with Crippen molar-refractivity contribution in [1.82, 2.24) is 15.2 Å². The number of thiazole rings is 1. The molecule has 0 unspecified atom stereocenters. The number of aryl methyl sites for hydroxylation is 1. The summed E-state index contributed by atoms with van der Waals surface area (Å²) in [6, 6.07) is 11.2. The second kappa shape index (κ2) is 7.75. The zero-order valence-electron chi connectivity index (χ0n) is 14.6. The molecule has 27 heavy (non-hydrogen) atoms. The molecular formula is C19H15N3O2S3. The van der Waals surface area contributed by atoms with Crippen molar-refractivity contribution in [2.24, 2.45) is 0 Å². The van der Waals surface area contributed by atoms with Gasteiger partial charge in [-0.15, -0.1) is 32.9 Å². The standard InChI is InChI=1S/C19H15N3O2S3/c1-11-20-17-18(27-11)16(15-4-3-9-25-15)21-22-19(17)26-10-14(23)12-5-7-13(24-2)8-6-12/h3-9H,10H2,1-2H3. The molecule has 0 amide bonds. The van der Waals surface area contributed by atoms with Crippen LogP contribution in [0.3, 0.4) is 0 Å². The zero-order chi connectivity index (χ0) is 18.8. The van der Waals surface area contributed by atoms with Crippen LogP contribution in [0.25, 0.3) is 20.8 Å². The van der Waals surface area contributed by atoms with Gasteiger partial charge in [0.15, 0.2) is 5.78 Å². The molecule has 0 fully saturated rings. The van der Waals surface area contributed by atoms with Crippen molar-refractivity contribution in [2.45, 2.75) is 11.9 Å². The number of benzene rings is 1. The Balaban J connectivity index is 1.59. The van der Waals surface area contributed by atoms with Gasteiger partial charge in [-0.25, -0.2) is 4.98 Å². The Hall–Kier alpha value is -2.29. The van der Waals surface area contributed by atoms with Gasteiger partial charge in [0.2, 0.25) is 0 Å². The van der Waals surface area contributed by atoms with Gasteiger partial charge in [0.1, 0.15) is 22.0 Å². The van der Waals surface area contributed by atoms with Gasteiger partial charge < -0.3 is 4.74 Å². The summed E-state index contributed by atoms with van der Waals surface area (Å²) in [7, 11) is 1.60. The molecule has 5 nitrogen and oxygen atoms in total. The van der Waals surface area contributed by atoms with E-state index in [2.05, 4.69) is 15.2 Å². The second-order valence-electron chi connectivity index (χ2n) is 5.68. The molecule has 3 heterocycles. The fourth-order valence-corrected chi connectivity index (χ4v) is 5.17. The molecule has 8 heteroatoms. The maximum atomic E-state index is 12.5. The molecule has 0 aliphatic heterocycles. The van der Waals surface area contributed by atoms with Crippen LogP contribution in [-0.2, 0) is 0 Å².